The number of nitrogens with zero attached hydrogens (tertiary/aromatic N) is 2. The molecule has 2 rings (SSSR count). The highest BCUT2D eigenvalue weighted by molar-refractivity contribution is 8.12. The second kappa shape index (κ2) is 5.00. The lowest BCUT2D eigenvalue weighted by Gasteiger charge is -2.09. The standard InChI is InChI=1S/C9H10N2O5S/c12-7-1-2-8(13)11(7)16-9(14)15-4-6-3-10-5-17-6/h1-2,5-6,12-13H,3-4H2. The summed E-state index contributed by atoms with van der Waals surface area (Å²) < 4.78 is 5.37. The first kappa shape index (κ1) is 11.6. The zero-order valence-corrected chi connectivity index (χ0v) is 9.46. The molecule has 1 unspecified atom stereocenters. The summed E-state index contributed by atoms with van der Waals surface area (Å²) in [6.45, 7) is 0.754. The Morgan fingerprint density at radius 2 is 2.24 bits per heavy atom. The molecule has 0 aliphatic carbocycles. The molecule has 0 fully saturated rings. The van der Waals surface area contributed by atoms with Crippen LogP contribution in [0.25, 0.3) is 0 Å². The molecule has 0 bridgehead atoms. The van der Waals surface area contributed by atoms with Gasteiger partial charge in [0.1, 0.15) is 6.61 Å². The Morgan fingerprint density at radius 3 is 2.82 bits per heavy atom. The number of carbonyl (C=O) groups is 1. The fourth-order valence-electron chi connectivity index (χ4n) is 1.18. The predicted octanol–water partition coefficient (Wildman–Crippen LogP) is 0.608. The van der Waals surface area contributed by atoms with Gasteiger partial charge in [-0.15, -0.1) is 16.5 Å². The smallest absolute Gasteiger partial charge is 0.492 e. The first-order valence-electron chi connectivity index (χ1n) is 4.75. The molecule has 2 N–H and O–H groups in total. The average molecular weight is 258 g/mol. The number of aromatic hydroxyl groups is 2. The highest BCUT2D eigenvalue weighted by Gasteiger charge is 2.17. The average Bonchev–Trinajstić information content (AvgIpc) is 2.91. The lowest BCUT2D eigenvalue weighted by Crippen LogP contribution is -2.24. The van der Waals surface area contributed by atoms with Gasteiger partial charge in [-0.05, 0) is 0 Å². The number of rotatable bonds is 3. The van der Waals surface area contributed by atoms with Crippen molar-refractivity contribution < 1.29 is 24.6 Å². The number of aromatic nitrogens is 1. The molecule has 17 heavy (non-hydrogen) atoms. The summed E-state index contributed by atoms with van der Waals surface area (Å²) in [6.07, 6.45) is -1.00. The molecule has 92 valence electrons. The summed E-state index contributed by atoms with van der Waals surface area (Å²) in [7, 11) is 0. The molecule has 1 aromatic rings. The Labute approximate surface area is 101 Å². The van der Waals surface area contributed by atoms with Crippen LogP contribution in [0.2, 0.25) is 0 Å². The number of carbonyl (C=O) groups excluding carboxylic acids is 1. The van der Waals surface area contributed by atoms with E-state index in [4.69, 9.17) is 4.74 Å². The van der Waals surface area contributed by atoms with Crippen LogP contribution < -0.4 is 4.84 Å². The molecule has 1 aliphatic heterocycles. The van der Waals surface area contributed by atoms with E-state index in [-0.39, 0.29) is 11.9 Å². The van der Waals surface area contributed by atoms with Crippen LogP contribution in [-0.2, 0) is 4.74 Å². The largest absolute Gasteiger partial charge is 0.534 e. The van der Waals surface area contributed by atoms with Crippen LogP contribution in [0.15, 0.2) is 17.1 Å². The molecule has 2 heterocycles. The summed E-state index contributed by atoms with van der Waals surface area (Å²) in [5, 5.41) is 18.5. The van der Waals surface area contributed by atoms with E-state index in [0.29, 0.717) is 11.3 Å². The SMILES string of the molecule is O=C(OCC1CN=CS1)On1c(O)ccc1O. The Hall–Kier alpha value is -1.83. The zero-order chi connectivity index (χ0) is 12.3. The first-order valence-corrected chi connectivity index (χ1v) is 5.69. The Kier molecular flexibility index (Phi) is 3.43. The molecule has 0 saturated heterocycles. The maximum absolute atomic E-state index is 11.2. The maximum Gasteiger partial charge on any atom is 0.534 e. The summed E-state index contributed by atoms with van der Waals surface area (Å²) >= 11 is 1.47. The molecule has 7 nitrogen and oxygen atoms in total. The second-order valence-electron chi connectivity index (χ2n) is 3.23. The first-order chi connectivity index (χ1) is 8.16. The van der Waals surface area contributed by atoms with Crippen molar-refractivity contribution in [3.63, 3.8) is 0 Å². The van der Waals surface area contributed by atoms with E-state index in [9.17, 15) is 15.0 Å². The van der Waals surface area contributed by atoms with E-state index < -0.39 is 17.9 Å². The van der Waals surface area contributed by atoms with Gasteiger partial charge in [0.2, 0.25) is 11.8 Å². The Balaban J connectivity index is 1.81. The van der Waals surface area contributed by atoms with E-state index >= 15 is 0 Å². The van der Waals surface area contributed by atoms with Gasteiger partial charge >= 0.3 is 6.16 Å². The molecule has 0 aromatic carbocycles. The third kappa shape index (κ3) is 2.84. The van der Waals surface area contributed by atoms with Gasteiger partial charge in [-0.25, -0.2) is 4.79 Å². The highest BCUT2D eigenvalue weighted by Crippen LogP contribution is 2.19. The van der Waals surface area contributed by atoms with Crippen LogP contribution in [0, 0.1) is 0 Å². The van der Waals surface area contributed by atoms with Crippen molar-refractivity contribution in [1.82, 2.24) is 4.73 Å². The van der Waals surface area contributed by atoms with Crippen molar-refractivity contribution >= 4 is 23.5 Å². The fourth-order valence-corrected chi connectivity index (χ4v) is 1.84. The number of aliphatic imine (C=N–C) groups is 1. The van der Waals surface area contributed by atoms with Crippen LogP contribution in [0.5, 0.6) is 11.8 Å². The van der Waals surface area contributed by atoms with E-state index in [1.54, 1.807) is 5.55 Å². The van der Waals surface area contributed by atoms with Crippen molar-refractivity contribution in [3.05, 3.63) is 12.1 Å². The van der Waals surface area contributed by atoms with Gasteiger partial charge in [-0.3, -0.25) is 9.83 Å². The lowest BCUT2D eigenvalue weighted by molar-refractivity contribution is 0.0362. The van der Waals surface area contributed by atoms with E-state index in [1.807, 2.05) is 0 Å². The van der Waals surface area contributed by atoms with Crippen molar-refractivity contribution in [2.75, 3.05) is 13.2 Å². The molecule has 0 saturated carbocycles. The number of thioether (sulfide) groups is 1. The summed E-state index contributed by atoms with van der Waals surface area (Å²) in [5.74, 6) is -0.781. The van der Waals surface area contributed by atoms with Gasteiger partial charge in [0.05, 0.1) is 17.3 Å². The van der Waals surface area contributed by atoms with Gasteiger partial charge in [0.15, 0.2) is 0 Å². The minimum atomic E-state index is -1.00. The predicted molar refractivity (Wildman–Crippen MR) is 60.4 cm³/mol. The van der Waals surface area contributed by atoms with Crippen molar-refractivity contribution in [2.45, 2.75) is 5.25 Å². The number of hydrogen-bond donors (Lipinski definition) is 2. The Bertz CT molecular complexity index is 417. The summed E-state index contributed by atoms with van der Waals surface area (Å²) in [6, 6.07) is 2.37. The monoisotopic (exact) mass is 258 g/mol. The van der Waals surface area contributed by atoms with Gasteiger partial charge in [-0.1, -0.05) is 0 Å². The van der Waals surface area contributed by atoms with Crippen LogP contribution in [0.3, 0.4) is 0 Å². The molecule has 0 amide bonds. The van der Waals surface area contributed by atoms with E-state index in [0.717, 1.165) is 0 Å². The van der Waals surface area contributed by atoms with Crippen molar-refractivity contribution in [2.24, 2.45) is 4.99 Å². The molecular weight excluding hydrogens is 248 g/mol. The van der Waals surface area contributed by atoms with E-state index in [2.05, 4.69) is 9.83 Å². The topological polar surface area (TPSA) is 93.3 Å². The summed E-state index contributed by atoms with van der Waals surface area (Å²) in [4.78, 5) is 19.8. The zero-order valence-electron chi connectivity index (χ0n) is 8.65. The second-order valence-corrected chi connectivity index (χ2v) is 4.37. The van der Waals surface area contributed by atoms with E-state index in [1.165, 1.54) is 23.9 Å². The highest BCUT2D eigenvalue weighted by atomic mass is 32.2. The van der Waals surface area contributed by atoms with Gasteiger partial charge < -0.3 is 14.9 Å². The van der Waals surface area contributed by atoms with Crippen LogP contribution in [0.4, 0.5) is 4.79 Å². The minimum Gasteiger partial charge on any atom is -0.492 e. The molecule has 0 spiro atoms. The number of ether oxygens (including phenoxy) is 1. The minimum absolute atomic E-state index is 0.0920. The maximum atomic E-state index is 11.2. The van der Waals surface area contributed by atoms with Gasteiger partial charge in [0, 0.05) is 12.1 Å². The lowest BCUT2D eigenvalue weighted by atomic mass is 10.4. The molecule has 1 atom stereocenters. The fraction of sp³-hybridized carbons (Fsp3) is 0.333. The van der Waals surface area contributed by atoms with Crippen LogP contribution in [-0.4, -0.2) is 45.0 Å². The summed E-state index contributed by atoms with van der Waals surface area (Å²) in [5.41, 5.74) is 1.70. The third-order valence-corrected chi connectivity index (χ3v) is 2.93. The molecule has 1 aromatic heterocycles. The van der Waals surface area contributed by atoms with Gasteiger partial charge in [-0.2, -0.15) is 0 Å². The van der Waals surface area contributed by atoms with Gasteiger partial charge in [0.25, 0.3) is 0 Å². The molecule has 0 radical (unpaired) electrons. The Morgan fingerprint density at radius 1 is 1.53 bits per heavy atom. The normalized spacial score (nSPS) is 18.2. The molecular formula is C9H10N2O5S. The quantitative estimate of drug-likeness (QED) is 0.771. The van der Waals surface area contributed by atoms with Crippen molar-refractivity contribution in [3.8, 4) is 11.8 Å². The third-order valence-electron chi connectivity index (χ3n) is 1.99. The van der Waals surface area contributed by atoms with Crippen LogP contribution >= 0.6 is 11.8 Å². The van der Waals surface area contributed by atoms with Crippen LogP contribution in [0.1, 0.15) is 0 Å². The number of hydrogen-bond acceptors (Lipinski definition) is 7. The molecule has 1 aliphatic rings. The molecule has 8 heteroatoms. The van der Waals surface area contributed by atoms with Crippen molar-refractivity contribution in [1.29, 1.82) is 0 Å².